The second-order valence-corrected chi connectivity index (χ2v) is 8.95. The van der Waals surface area contributed by atoms with Gasteiger partial charge in [-0.05, 0) is 43.9 Å². The first-order valence-electron chi connectivity index (χ1n) is 9.66. The number of ketones is 1. The number of rotatable bonds is 2. The predicted octanol–water partition coefficient (Wildman–Crippen LogP) is 4.19. The summed E-state index contributed by atoms with van der Waals surface area (Å²) >= 11 is 0. The maximum atomic E-state index is 12.8. The number of Topliss-reactive ketones (excluding diaryl/α,β-unsaturated/α-hetero) is 1. The number of carbonyl (C=O) groups excluding carboxylic acids is 2. The molecule has 2 saturated carbocycles. The number of carbonyl (C=O) groups is 2. The van der Waals surface area contributed by atoms with E-state index in [1.807, 2.05) is 18.2 Å². The van der Waals surface area contributed by atoms with Crippen molar-refractivity contribution in [1.82, 2.24) is 9.97 Å². The quantitative estimate of drug-likeness (QED) is 0.850. The SMILES string of the molecule is CC(C)(C)c1nc2ccc(NC(=O)C3CC4CCCC(C3)C4=O)cc2[nH]1. The van der Waals surface area contributed by atoms with Crippen molar-refractivity contribution in [2.75, 3.05) is 5.32 Å². The van der Waals surface area contributed by atoms with Gasteiger partial charge < -0.3 is 10.3 Å². The average molecular weight is 353 g/mol. The van der Waals surface area contributed by atoms with Gasteiger partial charge in [-0.25, -0.2) is 4.98 Å². The Morgan fingerprint density at radius 1 is 1.19 bits per heavy atom. The molecule has 2 atom stereocenters. The smallest absolute Gasteiger partial charge is 0.227 e. The van der Waals surface area contributed by atoms with Crippen molar-refractivity contribution in [2.45, 2.75) is 58.3 Å². The Morgan fingerprint density at radius 2 is 1.88 bits per heavy atom. The number of benzene rings is 1. The van der Waals surface area contributed by atoms with Crippen molar-refractivity contribution in [3.8, 4) is 0 Å². The van der Waals surface area contributed by atoms with E-state index >= 15 is 0 Å². The maximum Gasteiger partial charge on any atom is 0.227 e. The highest BCUT2D eigenvalue weighted by Gasteiger charge is 2.41. The molecular weight excluding hydrogens is 326 g/mol. The lowest BCUT2D eigenvalue weighted by Crippen LogP contribution is -2.40. The van der Waals surface area contributed by atoms with Crippen molar-refractivity contribution in [2.24, 2.45) is 17.8 Å². The zero-order chi connectivity index (χ0) is 18.5. The number of imidazole rings is 1. The van der Waals surface area contributed by atoms with E-state index < -0.39 is 0 Å². The van der Waals surface area contributed by atoms with Crippen LogP contribution in [0.4, 0.5) is 5.69 Å². The van der Waals surface area contributed by atoms with Gasteiger partial charge >= 0.3 is 0 Å². The minimum atomic E-state index is -0.0504. The normalized spacial score (nSPS) is 26.1. The molecule has 2 aromatic rings. The van der Waals surface area contributed by atoms with E-state index in [0.717, 1.165) is 41.8 Å². The number of hydrogen-bond donors (Lipinski definition) is 2. The molecule has 2 N–H and O–H groups in total. The van der Waals surface area contributed by atoms with E-state index in [-0.39, 0.29) is 29.1 Å². The second-order valence-electron chi connectivity index (χ2n) is 8.95. The van der Waals surface area contributed by atoms with Crippen LogP contribution in [-0.4, -0.2) is 21.7 Å². The highest BCUT2D eigenvalue weighted by molar-refractivity contribution is 5.96. The molecule has 2 unspecified atom stereocenters. The molecule has 1 amide bonds. The van der Waals surface area contributed by atoms with Gasteiger partial charge in [-0.1, -0.05) is 27.2 Å². The fourth-order valence-electron chi connectivity index (χ4n) is 4.38. The second kappa shape index (κ2) is 6.22. The third-order valence-electron chi connectivity index (χ3n) is 5.88. The van der Waals surface area contributed by atoms with Crippen LogP contribution >= 0.6 is 0 Å². The first-order chi connectivity index (χ1) is 12.3. The van der Waals surface area contributed by atoms with Gasteiger partial charge in [0.15, 0.2) is 0 Å². The lowest BCUT2D eigenvalue weighted by Gasteiger charge is -2.36. The summed E-state index contributed by atoms with van der Waals surface area (Å²) in [5.74, 6) is 1.53. The first kappa shape index (κ1) is 17.3. The third-order valence-corrected chi connectivity index (χ3v) is 5.88. The molecule has 138 valence electrons. The molecule has 1 aromatic carbocycles. The minimum Gasteiger partial charge on any atom is -0.341 e. The van der Waals surface area contributed by atoms with E-state index in [0.29, 0.717) is 18.6 Å². The fourth-order valence-corrected chi connectivity index (χ4v) is 4.38. The molecule has 5 nitrogen and oxygen atoms in total. The topological polar surface area (TPSA) is 74.8 Å². The number of anilines is 1. The van der Waals surface area contributed by atoms with Gasteiger partial charge in [0.25, 0.3) is 0 Å². The van der Waals surface area contributed by atoms with Crippen molar-refractivity contribution in [1.29, 1.82) is 0 Å². The fraction of sp³-hybridized carbons (Fsp3) is 0.571. The van der Waals surface area contributed by atoms with Crippen molar-refractivity contribution in [3.05, 3.63) is 24.0 Å². The Hall–Kier alpha value is -2.17. The summed E-state index contributed by atoms with van der Waals surface area (Å²) in [5.41, 5.74) is 2.58. The molecule has 4 rings (SSSR count). The van der Waals surface area contributed by atoms with Gasteiger partial charge in [0, 0.05) is 28.9 Å². The number of aromatic amines is 1. The molecule has 26 heavy (non-hydrogen) atoms. The molecule has 2 bridgehead atoms. The van der Waals surface area contributed by atoms with Gasteiger partial charge in [-0.3, -0.25) is 9.59 Å². The van der Waals surface area contributed by atoms with Crippen molar-refractivity contribution in [3.63, 3.8) is 0 Å². The van der Waals surface area contributed by atoms with Gasteiger partial charge in [0.05, 0.1) is 11.0 Å². The molecule has 0 aliphatic heterocycles. The zero-order valence-corrected chi connectivity index (χ0v) is 15.8. The molecule has 0 radical (unpaired) electrons. The Kier molecular flexibility index (Phi) is 4.13. The number of fused-ring (bicyclic) bond motifs is 3. The van der Waals surface area contributed by atoms with Gasteiger partial charge in [-0.15, -0.1) is 0 Å². The summed E-state index contributed by atoms with van der Waals surface area (Å²) in [6.45, 7) is 6.36. The summed E-state index contributed by atoms with van der Waals surface area (Å²) in [6, 6.07) is 5.79. The molecule has 5 heteroatoms. The molecule has 1 aromatic heterocycles. The number of H-pyrrole nitrogens is 1. The minimum absolute atomic E-state index is 0.0457. The molecule has 2 aliphatic carbocycles. The van der Waals surface area contributed by atoms with Crippen LogP contribution in [0.3, 0.4) is 0 Å². The summed E-state index contributed by atoms with van der Waals surface area (Å²) < 4.78 is 0. The van der Waals surface area contributed by atoms with Crippen LogP contribution in [-0.2, 0) is 15.0 Å². The van der Waals surface area contributed by atoms with Crippen LogP contribution in [0.1, 0.15) is 58.7 Å². The Morgan fingerprint density at radius 3 is 2.54 bits per heavy atom. The van der Waals surface area contributed by atoms with Crippen LogP contribution in [0.5, 0.6) is 0 Å². The monoisotopic (exact) mass is 353 g/mol. The number of aromatic nitrogens is 2. The summed E-state index contributed by atoms with van der Waals surface area (Å²) in [4.78, 5) is 33.0. The number of nitrogens with one attached hydrogen (secondary N) is 2. The van der Waals surface area contributed by atoms with Crippen LogP contribution < -0.4 is 5.32 Å². The molecule has 2 fully saturated rings. The molecule has 1 heterocycles. The van der Waals surface area contributed by atoms with E-state index in [1.165, 1.54) is 0 Å². The van der Waals surface area contributed by atoms with E-state index in [9.17, 15) is 9.59 Å². The van der Waals surface area contributed by atoms with Crippen LogP contribution in [0, 0.1) is 17.8 Å². The summed E-state index contributed by atoms with van der Waals surface area (Å²) in [6.07, 6.45) is 4.45. The van der Waals surface area contributed by atoms with Gasteiger partial charge in [0.1, 0.15) is 11.6 Å². The van der Waals surface area contributed by atoms with Gasteiger partial charge in [-0.2, -0.15) is 0 Å². The molecule has 0 spiro atoms. The Bertz CT molecular complexity index is 846. The molecular formula is C21H27N3O2. The standard InChI is InChI=1S/C21H27N3O2/c1-21(2,3)20-23-16-8-7-15(11-17(16)24-20)22-19(26)14-9-12-5-4-6-13(10-14)18(12)25/h7-8,11-14H,4-6,9-10H2,1-3H3,(H,22,26)(H,23,24). The highest BCUT2D eigenvalue weighted by Crippen LogP contribution is 2.40. The Labute approximate surface area is 154 Å². The van der Waals surface area contributed by atoms with Crippen LogP contribution in [0.25, 0.3) is 11.0 Å². The lowest BCUT2D eigenvalue weighted by atomic mass is 9.67. The number of hydrogen-bond acceptors (Lipinski definition) is 3. The maximum absolute atomic E-state index is 12.8. The molecule has 0 saturated heterocycles. The van der Waals surface area contributed by atoms with E-state index in [1.54, 1.807) is 0 Å². The van der Waals surface area contributed by atoms with Crippen molar-refractivity contribution >= 4 is 28.4 Å². The lowest BCUT2D eigenvalue weighted by molar-refractivity contribution is -0.136. The molecule has 2 aliphatic rings. The van der Waals surface area contributed by atoms with Crippen molar-refractivity contribution < 1.29 is 9.59 Å². The first-order valence-corrected chi connectivity index (χ1v) is 9.66. The zero-order valence-electron chi connectivity index (χ0n) is 15.8. The number of amides is 1. The largest absolute Gasteiger partial charge is 0.341 e. The summed E-state index contributed by atoms with van der Waals surface area (Å²) in [5, 5.41) is 3.06. The predicted molar refractivity (Wildman–Crippen MR) is 102 cm³/mol. The van der Waals surface area contributed by atoms with E-state index in [4.69, 9.17) is 0 Å². The average Bonchev–Trinajstić information content (AvgIpc) is 2.98. The summed E-state index contributed by atoms with van der Waals surface area (Å²) in [7, 11) is 0. The number of nitrogens with zero attached hydrogens (tertiary/aromatic N) is 1. The third kappa shape index (κ3) is 3.15. The highest BCUT2D eigenvalue weighted by atomic mass is 16.2. The van der Waals surface area contributed by atoms with Crippen LogP contribution in [0.2, 0.25) is 0 Å². The van der Waals surface area contributed by atoms with Crippen LogP contribution in [0.15, 0.2) is 18.2 Å². The van der Waals surface area contributed by atoms with E-state index in [2.05, 4.69) is 36.1 Å². The Balaban J connectivity index is 1.50. The van der Waals surface area contributed by atoms with Gasteiger partial charge in [0.2, 0.25) is 5.91 Å².